The summed E-state index contributed by atoms with van der Waals surface area (Å²) in [7, 11) is 0. The Morgan fingerprint density at radius 3 is 2.52 bits per heavy atom. The highest BCUT2D eigenvalue weighted by molar-refractivity contribution is 5.88. The molecule has 2 nitrogen and oxygen atoms in total. The van der Waals surface area contributed by atoms with Gasteiger partial charge >= 0.3 is 0 Å². The van der Waals surface area contributed by atoms with E-state index < -0.39 is 17.3 Å². The average molecular weight is 315 g/mol. The minimum absolute atomic E-state index is 0.0697. The third-order valence-corrected chi connectivity index (χ3v) is 4.76. The Morgan fingerprint density at radius 2 is 1.87 bits per heavy atom. The normalized spacial score (nSPS) is 22.4. The van der Waals surface area contributed by atoms with Crippen molar-refractivity contribution in [2.45, 2.75) is 31.5 Å². The Labute approximate surface area is 134 Å². The molecule has 120 valence electrons. The highest BCUT2D eigenvalue weighted by atomic mass is 19.1. The maximum Gasteiger partial charge on any atom is 0.190 e. The maximum atomic E-state index is 14.9. The van der Waals surface area contributed by atoms with Crippen LogP contribution in [-0.2, 0) is 16.9 Å². The zero-order chi connectivity index (χ0) is 16.6. The van der Waals surface area contributed by atoms with Gasteiger partial charge in [-0.05, 0) is 48.1 Å². The molecular weight excluding hydrogens is 296 g/mol. The molecule has 2 aromatic rings. The molecular formula is C19H19F2NO. The van der Waals surface area contributed by atoms with E-state index in [9.17, 15) is 13.6 Å². The summed E-state index contributed by atoms with van der Waals surface area (Å²) in [5, 5.41) is 0. The van der Waals surface area contributed by atoms with Crippen LogP contribution in [0, 0.1) is 11.7 Å². The molecule has 3 rings (SSSR count). The van der Waals surface area contributed by atoms with E-state index in [1.807, 2.05) is 24.3 Å². The Bertz CT molecular complexity index is 724. The molecule has 1 aliphatic carbocycles. The summed E-state index contributed by atoms with van der Waals surface area (Å²) in [6.45, 7) is 1.23. The second kappa shape index (κ2) is 5.85. The van der Waals surface area contributed by atoms with E-state index in [1.165, 1.54) is 19.1 Å². The van der Waals surface area contributed by atoms with Crippen LogP contribution < -0.4 is 5.73 Å². The van der Waals surface area contributed by atoms with E-state index in [1.54, 1.807) is 0 Å². The molecule has 3 atom stereocenters. The topological polar surface area (TPSA) is 43.1 Å². The molecule has 0 fully saturated rings. The van der Waals surface area contributed by atoms with Crippen molar-refractivity contribution in [3.05, 3.63) is 71.0 Å². The summed E-state index contributed by atoms with van der Waals surface area (Å²) in [5.41, 5.74) is 6.41. The molecule has 0 spiro atoms. The molecule has 2 N–H and O–H groups in total. The molecule has 1 unspecified atom stereocenters. The first-order chi connectivity index (χ1) is 10.9. The average Bonchev–Trinajstić information content (AvgIpc) is 2.84. The SMILES string of the molecule is CC(F)(C(=O)C[C@H]1Cc2ccccc2[C@@H]1N)c1ccc(F)cc1. The lowest BCUT2D eigenvalue weighted by Crippen LogP contribution is -2.31. The molecule has 0 amide bonds. The van der Waals surface area contributed by atoms with Gasteiger partial charge in [-0.25, -0.2) is 8.78 Å². The van der Waals surface area contributed by atoms with Gasteiger partial charge in [0.2, 0.25) is 0 Å². The van der Waals surface area contributed by atoms with Crippen LogP contribution in [0.5, 0.6) is 0 Å². The first-order valence-electron chi connectivity index (χ1n) is 7.71. The van der Waals surface area contributed by atoms with Crippen molar-refractivity contribution in [3.63, 3.8) is 0 Å². The van der Waals surface area contributed by atoms with E-state index in [-0.39, 0.29) is 23.9 Å². The number of carbonyl (C=O) groups excluding carboxylic acids is 1. The molecule has 0 heterocycles. The van der Waals surface area contributed by atoms with Gasteiger partial charge in [0.1, 0.15) is 5.82 Å². The van der Waals surface area contributed by atoms with Crippen molar-refractivity contribution in [3.8, 4) is 0 Å². The smallest absolute Gasteiger partial charge is 0.190 e. The van der Waals surface area contributed by atoms with Gasteiger partial charge in [-0.1, -0.05) is 36.4 Å². The number of Topliss-reactive ketones (excluding diaryl/α,β-unsaturated/α-hetero) is 1. The van der Waals surface area contributed by atoms with Crippen molar-refractivity contribution in [1.29, 1.82) is 0 Å². The van der Waals surface area contributed by atoms with Crippen LogP contribution in [0.3, 0.4) is 0 Å². The maximum absolute atomic E-state index is 14.9. The largest absolute Gasteiger partial charge is 0.324 e. The molecule has 1 aliphatic rings. The Hall–Kier alpha value is -2.07. The summed E-state index contributed by atoms with van der Waals surface area (Å²) >= 11 is 0. The quantitative estimate of drug-likeness (QED) is 0.931. The highest BCUT2D eigenvalue weighted by Gasteiger charge is 2.39. The highest BCUT2D eigenvalue weighted by Crippen LogP contribution is 2.38. The Kier molecular flexibility index (Phi) is 4.02. The van der Waals surface area contributed by atoms with Crippen LogP contribution in [0.25, 0.3) is 0 Å². The molecule has 23 heavy (non-hydrogen) atoms. The number of hydrogen-bond acceptors (Lipinski definition) is 2. The van der Waals surface area contributed by atoms with Crippen molar-refractivity contribution >= 4 is 5.78 Å². The van der Waals surface area contributed by atoms with E-state index in [2.05, 4.69) is 0 Å². The van der Waals surface area contributed by atoms with E-state index >= 15 is 0 Å². The van der Waals surface area contributed by atoms with E-state index in [0.29, 0.717) is 6.42 Å². The summed E-state index contributed by atoms with van der Waals surface area (Å²) in [4.78, 5) is 12.5. The van der Waals surface area contributed by atoms with Gasteiger partial charge in [0.05, 0.1) is 0 Å². The number of rotatable bonds is 4. The second-order valence-electron chi connectivity index (χ2n) is 6.33. The predicted molar refractivity (Wildman–Crippen MR) is 85.0 cm³/mol. The molecule has 4 heteroatoms. The molecule has 2 aromatic carbocycles. The van der Waals surface area contributed by atoms with Gasteiger partial charge in [0, 0.05) is 12.5 Å². The summed E-state index contributed by atoms with van der Waals surface area (Å²) in [5.74, 6) is -1.07. The van der Waals surface area contributed by atoms with Gasteiger partial charge in [-0.2, -0.15) is 0 Å². The Morgan fingerprint density at radius 1 is 1.22 bits per heavy atom. The standard InChI is InChI=1S/C19H19F2NO/c1-19(21,14-6-8-15(20)9-7-14)17(23)11-13-10-12-4-2-3-5-16(12)18(13)22/h2-9,13,18H,10-11,22H2,1H3/t13-,18-,19?/m1/s1. The fraction of sp³-hybridized carbons (Fsp3) is 0.316. The summed E-state index contributed by atoms with van der Waals surface area (Å²) in [6, 6.07) is 12.5. The van der Waals surface area contributed by atoms with Crippen LogP contribution in [0.15, 0.2) is 48.5 Å². The van der Waals surface area contributed by atoms with Crippen LogP contribution in [-0.4, -0.2) is 5.78 Å². The number of fused-ring (bicyclic) bond motifs is 1. The van der Waals surface area contributed by atoms with Gasteiger partial charge in [-0.15, -0.1) is 0 Å². The Balaban J connectivity index is 1.76. The zero-order valence-corrected chi connectivity index (χ0v) is 12.9. The fourth-order valence-electron chi connectivity index (χ4n) is 3.26. The molecule has 0 aromatic heterocycles. The third-order valence-electron chi connectivity index (χ3n) is 4.76. The van der Waals surface area contributed by atoms with Crippen LogP contribution >= 0.6 is 0 Å². The van der Waals surface area contributed by atoms with E-state index in [4.69, 9.17) is 5.73 Å². The lowest BCUT2D eigenvalue weighted by atomic mass is 9.85. The number of carbonyl (C=O) groups is 1. The molecule has 0 aliphatic heterocycles. The first kappa shape index (κ1) is 15.8. The summed E-state index contributed by atoms with van der Waals surface area (Å²) in [6.07, 6.45) is 0.753. The van der Waals surface area contributed by atoms with Gasteiger partial charge in [0.15, 0.2) is 11.5 Å². The van der Waals surface area contributed by atoms with Crippen molar-refractivity contribution in [1.82, 2.24) is 0 Å². The molecule has 0 saturated heterocycles. The number of ketones is 1. The molecule has 0 saturated carbocycles. The van der Waals surface area contributed by atoms with Crippen molar-refractivity contribution in [2.75, 3.05) is 0 Å². The lowest BCUT2D eigenvalue weighted by molar-refractivity contribution is -0.131. The van der Waals surface area contributed by atoms with Gasteiger partial charge in [0.25, 0.3) is 0 Å². The number of halogens is 2. The molecule has 0 bridgehead atoms. The zero-order valence-electron chi connectivity index (χ0n) is 12.9. The first-order valence-corrected chi connectivity index (χ1v) is 7.71. The van der Waals surface area contributed by atoms with Crippen LogP contribution in [0.2, 0.25) is 0 Å². The lowest BCUT2D eigenvalue weighted by Gasteiger charge is -2.23. The second-order valence-corrected chi connectivity index (χ2v) is 6.33. The van der Waals surface area contributed by atoms with Gasteiger partial charge < -0.3 is 5.73 Å². The third kappa shape index (κ3) is 2.91. The van der Waals surface area contributed by atoms with Crippen LogP contribution in [0.4, 0.5) is 8.78 Å². The van der Waals surface area contributed by atoms with Crippen molar-refractivity contribution in [2.24, 2.45) is 11.7 Å². The molecule has 0 radical (unpaired) electrons. The fourth-order valence-corrected chi connectivity index (χ4v) is 3.26. The number of nitrogens with two attached hydrogens (primary N) is 1. The minimum atomic E-state index is -2.14. The monoisotopic (exact) mass is 315 g/mol. The van der Waals surface area contributed by atoms with E-state index in [0.717, 1.165) is 23.3 Å². The number of hydrogen-bond donors (Lipinski definition) is 1. The number of benzene rings is 2. The van der Waals surface area contributed by atoms with Crippen molar-refractivity contribution < 1.29 is 13.6 Å². The number of alkyl halides is 1. The summed E-state index contributed by atoms with van der Waals surface area (Å²) < 4.78 is 27.9. The van der Waals surface area contributed by atoms with Gasteiger partial charge in [-0.3, -0.25) is 4.79 Å². The predicted octanol–water partition coefficient (Wildman–Crippen LogP) is 3.84. The van der Waals surface area contributed by atoms with Crippen LogP contribution in [0.1, 0.15) is 36.1 Å². The minimum Gasteiger partial charge on any atom is -0.324 e.